The normalized spacial score (nSPS) is 12.7. The maximum atomic E-state index is 8.79. The van der Waals surface area contributed by atoms with Crippen LogP contribution in [0.2, 0.25) is 0 Å². The first-order chi connectivity index (χ1) is 6.83. The lowest BCUT2D eigenvalue weighted by Crippen LogP contribution is -2.30. The number of aryl methyl sites for hydroxylation is 1. The van der Waals surface area contributed by atoms with Crippen LogP contribution in [-0.2, 0) is 6.42 Å². The van der Waals surface area contributed by atoms with Gasteiger partial charge in [0.1, 0.15) is 0 Å². The van der Waals surface area contributed by atoms with Gasteiger partial charge in [-0.3, -0.25) is 0 Å². The Hall–Kier alpha value is -0.860. The Kier molecular flexibility index (Phi) is 5.27. The number of hydrogen-bond donors (Lipinski definition) is 2. The molecule has 0 fully saturated rings. The van der Waals surface area contributed by atoms with Gasteiger partial charge in [0, 0.05) is 6.04 Å². The molecule has 0 radical (unpaired) electrons. The molecular weight excluding hydrogens is 174 g/mol. The second kappa shape index (κ2) is 6.57. The SMILES string of the molecule is CC(CO)NCCCc1ccccc1. The maximum Gasteiger partial charge on any atom is 0.0581 e. The Bertz CT molecular complexity index is 235. The number of benzene rings is 1. The fraction of sp³-hybridized carbons (Fsp3) is 0.500. The third-order valence-corrected chi connectivity index (χ3v) is 2.25. The van der Waals surface area contributed by atoms with E-state index in [2.05, 4.69) is 29.6 Å². The molecule has 0 spiro atoms. The molecule has 78 valence electrons. The van der Waals surface area contributed by atoms with E-state index in [4.69, 9.17) is 5.11 Å². The van der Waals surface area contributed by atoms with E-state index in [1.807, 2.05) is 13.0 Å². The van der Waals surface area contributed by atoms with Gasteiger partial charge in [0.2, 0.25) is 0 Å². The van der Waals surface area contributed by atoms with Crippen molar-refractivity contribution in [3.8, 4) is 0 Å². The van der Waals surface area contributed by atoms with Crippen LogP contribution >= 0.6 is 0 Å². The highest BCUT2D eigenvalue weighted by atomic mass is 16.3. The largest absolute Gasteiger partial charge is 0.395 e. The lowest BCUT2D eigenvalue weighted by atomic mass is 10.1. The predicted molar refractivity (Wildman–Crippen MR) is 59.3 cm³/mol. The highest BCUT2D eigenvalue weighted by Crippen LogP contribution is 2.01. The first kappa shape index (κ1) is 11.2. The van der Waals surface area contributed by atoms with Crippen LogP contribution in [0, 0.1) is 0 Å². The molecule has 0 aliphatic heterocycles. The zero-order valence-corrected chi connectivity index (χ0v) is 8.74. The van der Waals surface area contributed by atoms with Gasteiger partial charge in [0.25, 0.3) is 0 Å². The van der Waals surface area contributed by atoms with Gasteiger partial charge in [-0.15, -0.1) is 0 Å². The minimum Gasteiger partial charge on any atom is -0.395 e. The topological polar surface area (TPSA) is 32.3 Å². The van der Waals surface area contributed by atoms with Gasteiger partial charge in [0.05, 0.1) is 6.61 Å². The van der Waals surface area contributed by atoms with E-state index in [1.165, 1.54) is 5.56 Å². The van der Waals surface area contributed by atoms with E-state index in [-0.39, 0.29) is 12.6 Å². The van der Waals surface area contributed by atoms with Crippen molar-refractivity contribution in [2.45, 2.75) is 25.8 Å². The molecule has 0 aliphatic carbocycles. The molecule has 1 atom stereocenters. The number of hydrogen-bond acceptors (Lipinski definition) is 2. The van der Waals surface area contributed by atoms with Crippen molar-refractivity contribution in [2.75, 3.05) is 13.2 Å². The molecule has 1 aromatic rings. The third kappa shape index (κ3) is 4.40. The van der Waals surface area contributed by atoms with E-state index in [1.54, 1.807) is 0 Å². The maximum absolute atomic E-state index is 8.79. The van der Waals surface area contributed by atoms with Gasteiger partial charge in [-0.1, -0.05) is 30.3 Å². The average Bonchev–Trinajstić information content (AvgIpc) is 2.25. The Balaban J connectivity index is 2.10. The van der Waals surface area contributed by atoms with Crippen molar-refractivity contribution in [2.24, 2.45) is 0 Å². The molecule has 0 amide bonds. The molecule has 0 heterocycles. The molecule has 0 saturated carbocycles. The van der Waals surface area contributed by atoms with Crippen LogP contribution in [0.15, 0.2) is 30.3 Å². The predicted octanol–water partition coefficient (Wildman–Crippen LogP) is 1.59. The quantitative estimate of drug-likeness (QED) is 0.672. The Labute approximate surface area is 86.0 Å². The van der Waals surface area contributed by atoms with E-state index >= 15 is 0 Å². The van der Waals surface area contributed by atoms with Crippen molar-refractivity contribution >= 4 is 0 Å². The monoisotopic (exact) mass is 193 g/mol. The molecule has 2 nitrogen and oxygen atoms in total. The molecule has 0 saturated heterocycles. The van der Waals surface area contributed by atoms with Crippen LogP contribution in [0.4, 0.5) is 0 Å². The van der Waals surface area contributed by atoms with Crippen LogP contribution in [-0.4, -0.2) is 24.3 Å². The Morgan fingerprint density at radius 1 is 1.29 bits per heavy atom. The molecule has 1 rings (SSSR count). The minimum absolute atomic E-state index is 0.214. The van der Waals surface area contributed by atoms with Crippen LogP contribution in [0.3, 0.4) is 0 Å². The van der Waals surface area contributed by atoms with Crippen molar-refractivity contribution in [1.29, 1.82) is 0 Å². The summed E-state index contributed by atoms with van der Waals surface area (Å²) in [6, 6.07) is 10.7. The summed E-state index contributed by atoms with van der Waals surface area (Å²) in [6.45, 7) is 3.17. The van der Waals surface area contributed by atoms with Gasteiger partial charge in [-0.05, 0) is 31.9 Å². The standard InChI is InChI=1S/C12H19NO/c1-11(10-14)13-9-5-8-12-6-3-2-4-7-12/h2-4,6-7,11,13-14H,5,8-10H2,1H3. The van der Waals surface area contributed by atoms with E-state index in [0.717, 1.165) is 19.4 Å². The molecule has 2 N–H and O–H groups in total. The summed E-state index contributed by atoms with van der Waals surface area (Å²) in [7, 11) is 0. The van der Waals surface area contributed by atoms with E-state index < -0.39 is 0 Å². The van der Waals surface area contributed by atoms with Crippen molar-refractivity contribution in [3.05, 3.63) is 35.9 Å². The number of aliphatic hydroxyl groups is 1. The Morgan fingerprint density at radius 3 is 2.64 bits per heavy atom. The van der Waals surface area contributed by atoms with Gasteiger partial charge >= 0.3 is 0 Å². The molecular formula is C12H19NO. The lowest BCUT2D eigenvalue weighted by molar-refractivity contribution is 0.251. The van der Waals surface area contributed by atoms with Crippen molar-refractivity contribution in [3.63, 3.8) is 0 Å². The van der Waals surface area contributed by atoms with Crippen LogP contribution in [0.5, 0.6) is 0 Å². The van der Waals surface area contributed by atoms with Gasteiger partial charge in [-0.2, -0.15) is 0 Å². The van der Waals surface area contributed by atoms with Crippen LogP contribution < -0.4 is 5.32 Å². The number of aliphatic hydroxyl groups excluding tert-OH is 1. The molecule has 1 aromatic carbocycles. The lowest BCUT2D eigenvalue weighted by Gasteiger charge is -2.09. The van der Waals surface area contributed by atoms with Crippen LogP contribution in [0.1, 0.15) is 18.9 Å². The van der Waals surface area contributed by atoms with E-state index in [0.29, 0.717) is 0 Å². The second-order valence-electron chi connectivity index (χ2n) is 3.63. The smallest absolute Gasteiger partial charge is 0.0581 e. The second-order valence-corrected chi connectivity index (χ2v) is 3.63. The van der Waals surface area contributed by atoms with Gasteiger partial charge in [-0.25, -0.2) is 0 Å². The summed E-state index contributed by atoms with van der Waals surface area (Å²) in [4.78, 5) is 0. The highest BCUT2D eigenvalue weighted by Gasteiger charge is 1.97. The molecule has 14 heavy (non-hydrogen) atoms. The zero-order chi connectivity index (χ0) is 10.2. The summed E-state index contributed by atoms with van der Waals surface area (Å²) in [5, 5.41) is 12.0. The molecule has 0 aromatic heterocycles. The average molecular weight is 193 g/mol. The molecule has 1 unspecified atom stereocenters. The summed E-state index contributed by atoms with van der Waals surface area (Å²) < 4.78 is 0. The molecule has 0 bridgehead atoms. The first-order valence-electron chi connectivity index (χ1n) is 5.21. The fourth-order valence-electron chi connectivity index (χ4n) is 1.35. The summed E-state index contributed by atoms with van der Waals surface area (Å²) >= 11 is 0. The number of rotatable bonds is 6. The molecule has 0 aliphatic rings. The van der Waals surface area contributed by atoms with Crippen LogP contribution in [0.25, 0.3) is 0 Å². The van der Waals surface area contributed by atoms with Gasteiger partial charge < -0.3 is 10.4 Å². The summed E-state index contributed by atoms with van der Waals surface area (Å²) in [5.41, 5.74) is 1.38. The third-order valence-electron chi connectivity index (χ3n) is 2.25. The minimum atomic E-state index is 0.214. The van der Waals surface area contributed by atoms with Gasteiger partial charge in [0.15, 0.2) is 0 Å². The first-order valence-corrected chi connectivity index (χ1v) is 5.21. The Morgan fingerprint density at radius 2 is 2.00 bits per heavy atom. The number of nitrogens with one attached hydrogen (secondary N) is 1. The highest BCUT2D eigenvalue weighted by molar-refractivity contribution is 5.14. The fourth-order valence-corrected chi connectivity index (χ4v) is 1.35. The molecule has 2 heteroatoms. The van der Waals surface area contributed by atoms with Crippen molar-refractivity contribution in [1.82, 2.24) is 5.32 Å². The van der Waals surface area contributed by atoms with Crippen molar-refractivity contribution < 1.29 is 5.11 Å². The summed E-state index contributed by atoms with van der Waals surface area (Å²) in [6.07, 6.45) is 2.22. The zero-order valence-electron chi connectivity index (χ0n) is 8.74. The van der Waals surface area contributed by atoms with E-state index in [9.17, 15) is 0 Å². The summed E-state index contributed by atoms with van der Waals surface area (Å²) in [5.74, 6) is 0.